The second-order valence-electron chi connectivity index (χ2n) is 5.15. The average molecular weight is 334 g/mol. The van der Waals surface area contributed by atoms with Crippen LogP contribution >= 0.6 is 22.9 Å². The van der Waals surface area contributed by atoms with E-state index in [1.54, 1.807) is 34.4 Å². The van der Waals surface area contributed by atoms with Crippen LogP contribution in [0, 0.1) is 0 Å². The molecule has 0 unspecified atom stereocenters. The van der Waals surface area contributed by atoms with Crippen molar-refractivity contribution in [3.63, 3.8) is 0 Å². The second kappa shape index (κ2) is 6.58. The van der Waals surface area contributed by atoms with Crippen molar-refractivity contribution < 1.29 is 4.79 Å². The van der Waals surface area contributed by atoms with Gasteiger partial charge in [-0.15, -0.1) is 17.9 Å². The Morgan fingerprint density at radius 2 is 2.23 bits per heavy atom. The minimum Gasteiger partial charge on any atom is -0.280 e. The molecule has 1 aliphatic carbocycles. The molecule has 0 aromatic carbocycles. The van der Waals surface area contributed by atoms with E-state index in [1.165, 1.54) is 23.9 Å². The van der Waals surface area contributed by atoms with Crippen LogP contribution in [0.25, 0.3) is 0 Å². The van der Waals surface area contributed by atoms with Gasteiger partial charge in [0, 0.05) is 17.6 Å². The van der Waals surface area contributed by atoms with Gasteiger partial charge in [-0.25, -0.2) is 9.97 Å². The van der Waals surface area contributed by atoms with Crippen LogP contribution in [0.15, 0.2) is 31.0 Å². The Morgan fingerprint density at radius 1 is 1.41 bits per heavy atom. The van der Waals surface area contributed by atoms with Crippen molar-refractivity contribution in [1.82, 2.24) is 9.97 Å². The molecule has 22 heavy (non-hydrogen) atoms. The molecule has 0 fully saturated rings. The van der Waals surface area contributed by atoms with Crippen molar-refractivity contribution in [3.8, 4) is 0 Å². The fourth-order valence-electron chi connectivity index (χ4n) is 2.49. The normalized spacial score (nSPS) is 13.5. The van der Waals surface area contributed by atoms with E-state index in [-0.39, 0.29) is 5.91 Å². The first-order valence-corrected chi connectivity index (χ1v) is 8.41. The maximum absolute atomic E-state index is 12.7. The minimum atomic E-state index is -0.129. The van der Waals surface area contributed by atoms with E-state index in [2.05, 4.69) is 16.5 Å². The highest BCUT2D eigenvalue weighted by atomic mass is 35.5. The summed E-state index contributed by atoms with van der Waals surface area (Å²) in [5.41, 5.74) is 1.64. The molecule has 1 aliphatic rings. The van der Waals surface area contributed by atoms with Crippen LogP contribution in [0.5, 0.6) is 0 Å². The third-order valence-corrected chi connectivity index (χ3v) is 5.00. The molecule has 114 valence electrons. The Hall–Kier alpha value is -1.72. The second-order valence-corrected chi connectivity index (χ2v) is 6.60. The number of carbonyl (C=O) groups is 1. The number of hydrogen-bond donors (Lipinski definition) is 0. The smallest absolute Gasteiger partial charge is 0.261 e. The lowest BCUT2D eigenvalue weighted by Crippen LogP contribution is -2.31. The molecule has 2 aromatic rings. The van der Waals surface area contributed by atoms with E-state index < -0.39 is 0 Å². The summed E-state index contributed by atoms with van der Waals surface area (Å²) in [7, 11) is 0. The van der Waals surface area contributed by atoms with Crippen LogP contribution in [0.4, 0.5) is 5.13 Å². The van der Waals surface area contributed by atoms with Gasteiger partial charge in [0.1, 0.15) is 5.15 Å². The molecule has 0 saturated carbocycles. The zero-order chi connectivity index (χ0) is 15.5. The standard InChI is InChI=1S/C16H16ClN3OS/c1-2-9-20(15(21)11-7-8-14(17)18-10-11)16-19-12-5-3-4-6-13(12)22-16/h2,7-8,10H,1,3-6,9H2. The number of carbonyl (C=O) groups excluding carboxylic acids is 1. The summed E-state index contributed by atoms with van der Waals surface area (Å²) in [5.74, 6) is -0.129. The highest BCUT2D eigenvalue weighted by Gasteiger charge is 2.23. The van der Waals surface area contributed by atoms with Crippen molar-refractivity contribution in [3.05, 3.63) is 52.3 Å². The summed E-state index contributed by atoms with van der Waals surface area (Å²) in [5, 5.41) is 1.11. The number of hydrogen-bond acceptors (Lipinski definition) is 4. The van der Waals surface area contributed by atoms with E-state index in [0.717, 1.165) is 23.7 Å². The van der Waals surface area contributed by atoms with Gasteiger partial charge in [-0.3, -0.25) is 9.69 Å². The molecule has 3 rings (SSSR count). The molecule has 0 radical (unpaired) electrons. The van der Waals surface area contributed by atoms with Crippen LogP contribution in [0.2, 0.25) is 5.15 Å². The van der Waals surface area contributed by atoms with Crippen LogP contribution in [-0.4, -0.2) is 22.4 Å². The lowest BCUT2D eigenvalue weighted by Gasteiger charge is -2.17. The van der Waals surface area contributed by atoms with E-state index >= 15 is 0 Å². The molecular formula is C16H16ClN3OS. The first-order chi connectivity index (χ1) is 10.7. The number of pyridine rings is 1. The maximum Gasteiger partial charge on any atom is 0.261 e. The lowest BCUT2D eigenvalue weighted by atomic mass is 10.0. The van der Waals surface area contributed by atoms with Crippen LogP contribution < -0.4 is 4.90 Å². The highest BCUT2D eigenvalue weighted by molar-refractivity contribution is 7.16. The van der Waals surface area contributed by atoms with Gasteiger partial charge in [0.05, 0.1) is 11.3 Å². The Labute approximate surface area is 138 Å². The third-order valence-electron chi connectivity index (χ3n) is 3.60. The zero-order valence-electron chi connectivity index (χ0n) is 12.1. The van der Waals surface area contributed by atoms with Crippen LogP contribution in [0.3, 0.4) is 0 Å². The van der Waals surface area contributed by atoms with Gasteiger partial charge in [-0.05, 0) is 37.8 Å². The van der Waals surface area contributed by atoms with E-state index in [0.29, 0.717) is 17.3 Å². The Balaban J connectivity index is 1.91. The van der Waals surface area contributed by atoms with Gasteiger partial charge in [-0.2, -0.15) is 0 Å². The fraction of sp³-hybridized carbons (Fsp3) is 0.312. The Morgan fingerprint density at radius 3 is 2.91 bits per heavy atom. The summed E-state index contributed by atoms with van der Waals surface area (Å²) in [6, 6.07) is 3.30. The van der Waals surface area contributed by atoms with E-state index in [1.807, 2.05) is 0 Å². The molecule has 2 heterocycles. The van der Waals surface area contributed by atoms with Crippen molar-refractivity contribution in [2.45, 2.75) is 25.7 Å². The molecule has 0 bridgehead atoms. The average Bonchev–Trinajstić information content (AvgIpc) is 2.96. The summed E-state index contributed by atoms with van der Waals surface area (Å²) >= 11 is 7.39. The molecule has 6 heteroatoms. The predicted octanol–water partition coefficient (Wildman–Crippen LogP) is 3.90. The number of aryl methyl sites for hydroxylation is 2. The van der Waals surface area contributed by atoms with Crippen molar-refractivity contribution >= 4 is 34.0 Å². The maximum atomic E-state index is 12.7. The van der Waals surface area contributed by atoms with Gasteiger partial charge >= 0.3 is 0 Å². The number of rotatable bonds is 4. The number of aromatic nitrogens is 2. The SMILES string of the molecule is C=CCN(C(=O)c1ccc(Cl)nc1)c1nc2c(s1)CCCC2. The fourth-order valence-corrected chi connectivity index (χ4v) is 3.76. The highest BCUT2D eigenvalue weighted by Crippen LogP contribution is 2.32. The first kappa shape index (κ1) is 15.2. The number of nitrogens with zero attached hydrogens (tertiary/aromatic N) is 3. The predicted molar refractivity (Wildman–Crippen MR) is 89.9 cm³/mol. The van der Waals surface area contributed by atoms with E-state index in [4.69, 9.17) is 11.6 Å². The molecule has 0 saturated heterocycles. The minimum absolute atomic E-state index is 0.129. The molecule has 2 aromatic heterocycles. The summed E-state index contributed by atoms with van der Waals surface area (Å²) in [4.78, 5) is 24.3. The van der Waals surface area contributed by atoms with Crippen molar-refractivity contribution in [1.29, 1.82) is 0 Å². The molecule has 0 N–H and O–H groups in total. The number of thiazole rings is 1. The number of halogens is 1. The molecule has 4 nitrogen and oxygen atoms in total. The lowest BCUT2D eigenvalue weighted by molar-refractivity contribution is 0.0989. The van der Waals surface area contributed by atoms with Gasteiger partial charge in [0.25, 0.3) is 5.91 Å². The van der Waals surface area contributed by atoms with Crippen molar-refractivity contribution in [2.24, 2.45) is 0 Å². The molecule has 0 spiro atoms. The molecular weight excluding hydrogens is 318 g/mol. The number of fused-ring (bicyclic) bond motifs is 1. The van der Waals surface area contributed by atoms with Gasteiger partial charge in [0.15, 0.2) is 5.13 Å². The van der Waals surface area contributed by atoms with Crippen LogP contribution in [-0.2, 0) is 12.8 Å². The van der Waals surface area contributed by atoms with Gasteiger partial charge in [0.2, 0.25) is 0 Å². The number of amides is 1. The summed E-state index contributed by atoms with van der Waals surface area (Å²) in [6.45, 7) is 4.17. The topological polar surface area (TPSA) is 46.1 Å². The largest absolute Gasteiger partial charge is 0.280 e. The Bertz CT molecular complexity index is 672. The third kappa shape index (κ3) is 3.05. The Kier molecular flexibility index (Phi) is 4.55. The monoisotopic (exact) mass is 333 g/mol. The summed E-state index contributed by atoms with van der Waals surface area (Å²) in [6.07, 6.45) is 7.64. The van der Waals surface area contributed by atoms with Crippen molar-refractivity contribution in [2.75, 3.05) is 11.4 Å². The molecule has 1 amide bonds. The van der Waals surface area contributed by atoms with E-state index in [9.17, 15) is 4.79 Å². The molecule has 0 atom stereocenters. The zero-order valence-corrected chi connectivity index (χ0v) is 13.7. The first-order valence-electron chi connectivity index (χ1n) is 7.22. The van der Waals surface area contributed by atoms with Crippen LogP contribution in [0.1, 0.15) is 33.8 Å². The quantitative estimate of drug-likeness (QED) is 0.629. The van der Waals surface area contributed by atoms with Gasteiger partial charge in [-0.1, -0.05) is 17.7 Å². The number of anilines is 1. The molecule has 0 aliphatic heterocycles. The van der Waals surface area contributed by atoms with Gasteiger partial charge < -0.3 is 0 Å². The summed E-state index contributed by atoms with van der Waals surface area (Å²) < 4.78 is 0.